The van der Waals surface area contributed by atoms with Crippen molar-refractivity contribution in [1.29, 1.82) is 0 Å². The van der Waals surface area contributed by atoms with Crippen LogP contribution in [0, 0.1) is 5.82 Å². The zero-order valence-electron chi connectivity index (χ0n) is 13.9. The van der Waals surface area contributed by atoms with Crippen LogP contribution >= 0.6 is 23.8 Å². The van der Waals surface area contributed by atoms with E-state index in [1.165, 1.54) is 30.4 Å². The average Bonchev–Trinajstić information content (AvgIpc) is 2.66. The maximum absolute atomic E-state index is 13.1. The van der Waals surface area contributed by atoms with Crippen LogP contribution in [0.2, 0.25) is 5.02 Å². The number of hydrazine groups is 1. The first-order valence-corrected chi connectivity index (χ1v) is 8.36. The van der Waals surface area contributed by atoms with Crippen molar-refractivity contribution in [3.63, 3.8) is 0 Å². The maximum Gasteiger partial charge on any atom is 0.262 e. The highest BCUT2D eigenvalue weighted by Crippen LogP contribution is 2.16. The molecule has 2 rings (SSSR count). The van der Waals surface area contributed by atoms with Gasteiger partial charge in [-0.2, -0.15) is 0 Å². The fourth-order valence-electron chi connectivity index (χ4n) is 1.92. The third kappa shape index (κ3) is 6.34. The molecule has 0 bridgehead atoms. The summed E-state index contributed by atoms with van der Waals surface area (Å²) in [4.78, 5) is 11.7. The Labute approximate surface area is 161 Å². The van der Waals surface area contributed by atoms with Gasteiger partial charge in [0, 0.05) is 12.6 Å². The van der Waals surface area contributed by atoms with E-state index in [2.05, 4.69) is 16.2 Å². The van der Waals surface area contributed by atoms with Gasteiger partial charge in [-0.25, -0.2) is 4.39 Å². The molecule has 26 heavy (non-hydrogen) atoms. The summed E-state index contributed by atoms with van der Waals surface area (Å²) in [6.07, 6.45) is 2.79. The number of carbonyl (C=O) groups is 1. The molecule has 0 saturated heterocycles. The summed E-state index contributed by atoms with van der Waals surface area (Å²) in [5.41, 5.74) is 6.63. The number of carbonyl (C=O) groups excluding carboxylic acids is 1. The van der Waals surface area contributed by atoms with E-state index in [0.717, 1.165) is 11.3 Å². The van der Waals surface area contributed by atoms with Gasteiger partial charge >= 0.3 is 0 Å². The highest BCUT2D eigenvalue weighted by atomic mass is 35.5. The molecule has 2 aromatic rings. The molecule has 0 spiro atoms. The molecule has 5 nitrogen and oxygen atoms in total. The SMILES string of the molecule is COc1ccc(CNC(=S)NNC(=O)/C=C/c2ccc(F)c(Cl)c2)cc1. The quantitative estimate of drug-likeness (QED) is 0.413. The van der Waals surface area contributed by atoms with Crippen molar-refractivity contribution in [3.05, 3.63) is 70.5 Å². The van der Waals surface area contributed by atoms with Gasteiger partial charge < -0.3 is 10.1 Å². The van der Waals surface area contributed by atoms with Crippen LogP contribution in [0.15, 0.2) is 48.5 Å². The molecular formula is C18H17ClFN3O2S. The van der Waals surface area contributed by atoms with Crippen molar-refractivity contribution in [2.24, 2.45) is 0 Å². The highest BCUT2D eigenvalue weighted by Gasteiger charge is 2.01. The Morgan fingerprint density at radius 3 is 2.62 bits per heavy atom. The summed E-state index contributed by atoms with van der Waals surface area (Å²) >= 11 is 10.8. The maximum atomic E-state index is 13.1. The first kappa shape index (κ1) is 19.7. The summed E-state index contributed by atoms with van der Waals surface area (Å²) in [6, 6.07) is 11.7. The lowest BCUT2D eigenvalue weighted by atomic mass is 10.2. The molecular weight excluding hydrogens is 377 g/mol. The van der Waals surface area contributed by atoms with E-state index >= 15 is 0 Å². The summed E-state index contributed by atoms with van der Waals surface area (Å²) in [6.45, 7) is 0.496. The Hall–Kier alpha value is -2.64. The lowest BCUT2D eigenvalue weighted by molar-refractivity contribution is -0.116. The average molecular weight is 394 g/mol. The molecule has 0 atom stereocenters. The Balaban J connectivity index is 1.74. The van der Waals surface area contributed by atoms with E-state index in [1.54, 1.807) is 7.11 Å². The van der Waals surface area contributed by atoms with Crippen LogP contribution in [0.25, 0.3) is 6.08 Å². The zero-order valence-corrected chi connectivity index (χ0v) is 15.5. The molecule has 3 N–H and O–H groups in total. The van der Waals surface area contributed by atoms with Crippen molar-refractivity contribution in [1.82, 2.24) is 16.2 Å². The second kappa shape index (κ2) is 9.74. The molecule has 0 aromatic heterocycles. The van der Waals surface area contributed by atoms with E-state index < -0.39 is 11.7 Å². The molecule has 8 heteroatoms. The van der Waals surface area contributed by atoms with E-state index in [4.69, 9.17) is 28.6 Å². The van der Waals surface area contributed by atoms with Gasteiger partial charge in [-0.1, -0.05) is 29.8 Å². The molecule has 0 aliphatic rings. The van der Waals surface area contributed by atoms with Crippen LogP contribution in [-0.4, -0.2) is 18.1 Å². The highest BCUT2D eigenvalue weighted by molar-refractivity contribution is 7.80. The molecule has 1 amide bonds. The molecule has 0 fully saturated rings. The van der Waals surface area contributed by atoms with Gasteiger partial charge in [-0.05, 0) is 53.7 Å². The predicted octanol–water partition coefficient (Wildman–Crippen LogP) is 3.20. The molecule has 0 saturated carbocycles. The number of rotatable bonds is 5. The molecule has 2 aromatic carbocycles. The fourth-order valence-corrected chi connectivity index (χ4v) is 2.23. The Morgan fingerprint density at radius 2 is 1.96 bits per heavy atom. The number of hydrogen-bond donors (Lipinski definition) is 3. The Morgan fingerprint density at radius 1 is 1.23 bits per heavy atom. The van der Waals surface area contributed by atoms with Gasteiger partial charge in [-0.15, -0.1) is 0 Å². The monoisotopic (exact) mass is 393 g/mol. The minimum Gasteiger partial charge on any atom is -0.497 e. The van der Waals surface area contributed by atoms with Gasteiger partial charge in [-0.3, -0.25) is 15.6 Å². The zero-order chi connectivity index (χ0) is 18.9. The van der Waals surface area contributed by atoms with Crippen LogP contribution in [-0.2, 0) is 11.3 Å². The first-order chi connectivity index (χ1) is 12.5. The lowest BCUT2D eigenvalue weighted by Gasteiger charge is -2.10. The first-order valence-electron chi connectivity index (χ1n) is 7.58. The van der Waals surface area contributed by atoms with Crippen molar-refractivity contribution < 1.29 is 13.9 Å². The number of thiocarbonyl (C=S) groups is 1. The van der Waals surface area contributed by atoms with Crippen LogP contribution < -0.4 is 20.9 Å². The predicted molar refractivity (Wildman–Crippen MR) is 104 cm³/mol. The number of hydrogen-bond acceptors (Lipinski definition) is 3. The topological polar surface area (TPSA) is 62.4 Å². The van der Waals surface area contributed by atoms with Gasteiger partial charge in [0.1, 0.15) is 11.6 Å². The van der Waals surface area contributed by atoms with Crippen molar-refractivity contribution in [2.75, 3.05) is 7.11 Å². The molecule has 0 unspecified atom stereocenters. The van der Waals surface area contributed by atoms with E-state index in [0.29, 0.717) is 12.1 Å². The second-order valence-corrected chi connectivity index (χ2v) is 5.97. The molecule has 0 radical (unpaired) electrons. The van der Waals surface area contributed by atoms with Gasteiger partial charge in [0.2, 0.25) is 0 Å². The van der Waals surface area contributed by atoms with Crippen LogP contribution in [0.3, 0.4) is 0 Å². The Kier molecular flexibility index (Phi) is 7.37. The largest absolute Gasteiger partial charge is 0.497 e. The molecule has 0 aliphatic carbocycles. The van der Waals surface area contributed by atoms with Gasteiger partial charge in [0.05, 0.1) is 12.1 Å². The number of ether oxygens (including phenoxy) is 1. The molecule has 0 heterocycles. The van der Waals surface area contributed by atoms with Gasteiger partial charge in [0.25, 0.3) is 5.91 Å². The summed E-state index contributed by atoms with van der Waals surface area (Å²) < 4.78 is 18.2. The summed E-state index contributed by atoms with van der Waals surface area (Å²) in [5.74, 6) is -0.154. The van der Waals surface area contributed by atoms with Crippen LogP contribution in [0.5, 0.6) is 5.75 Å². The van der Waals surface area contributed by atoms with Crippen molar-refractivity contribution in [2.45, 2.75) is 6.54 Å². The van der Waals surface area contributed by atoms with Crippen LogP contribution in [0.4, 0.5) is 4.39 Å². The number of benzene rings is 2. The Bertz CT molecular complexity index is 813. The van der Waals surface area contributed by atoms with E-state index in [-0.39, 0.29) is 10.1 Å². The third-order valence-electron chi connectivity index (χ3n) is 3.28. The lowest BCUT2D eigenvalue weighted by Crippen LogP contribution is -2.45. The minimum absolute atomic E-state index is 0.00501. The minimum atomic E-state index is -0.511. The fraction of sp³-hybridized carbons (Fsp3) is 0.111. The van der Waals surface area contributed by atoms with Gasteiger partial charge in [0.15, 0.2) is 5.11 Å². The number of methoxy groups -OCH3 is 1. The van der Waals surface area contributed by atoms with Crippen molar-refractivity contribution in [3.8, 4) is 5.75 Å². The molecule has 136 valence electrons. The third-order valence-corrected chi connectivity index (χ3v) is 3.82. The van der Waals surface area contributed by atoms with E-state index in [1.807, 2.05) is 24.3 Å². The number of halogens is 2. The standard InChI is InChI=1S/C18H17ClFN3O2S/c1-25-14-6-2-13(3-7-14)11-21-18(26)23-22-17(24)9-5-12-4-8-16(20)15(19)10-12/h2-10H,11H2,1H3,(H,22,24)(H2,21,23,26)/b9-5+. The summed E-state index contributed by atoms with van der Waals surface area (Å²) in [7, 11) is 1.61. The normalized spacial score (nSPS) is 10.4. The number of amides is 1. The molecule has 0 aliphatic heterocycles. The number of nitrogens with one attached hydrogen (secondary N) is 3. The van der Waals surface area contributed by atoms with Crippen LogP contribution in [0.1, 0.15) is 11.1 Å². The smallest absolute Gasteiger partial charge is 0.262 e. The van der Waals surface area contributed by atoms with E-state index in [9.17, 15) is 9.18 Å². The van der Waals surface area contributed by atoms with Crippen molar-refractivity contribution >= 4 is 40.9 Å². The summed E-state index contributed by atoms with van der Waals surface area (Å²) in [5, 5.41) is 3.23. The second-order valence-electron chi connectivity index (χ2n) is 5.15.